The average Bonchev–Trinajstić information content (AvgIpc) is 3.12. The minimum Gasteiger partial charge on any atom is -0.394 e. The normalized spacial score (nSPS) is 12.8. The van der Waals surface area contributed by atoms with Crippen molar-refractivity contribution in [3.8, 4) is 0 Å². The number of aliphatic hydroxyl groups is 2. The first-order valence-corrected chi connectivity index (χ1v) is 23.2. The van der Waals surface area contributed by atoms with Crippen molar-refractivity contribution in [2.24, 2.45) is 0 Å². The highest BCUT2D eigenvalue weighted by atomic mass is 16.3. The second-order valence-electron chi connectivity index (χ2n) is 16.2. The van der Waals surface area contributed by atoms with E-state index in [0.717, 1.165) is 25.7 Å². The summed E-state index contributed by atoms with van der Waals surface area (Å²) in [5.74, 6) is -0.0269. The number of carbonyl (C=O) groups is 1. The zero-order valence-electron chi connectivity index (χ0n) is 34.4. The Morgan fingerprint density at radius 1 is 0.400 bits per heavy atom. The Morgan fingerprint density at radius 3 is 0.900 bits per heavy atom. The summed E-state index contributed by atoms with van der Waals surface area (Å²) < 4.78 is 0. The lowest BCUT2D eigenvalue weighted by Gasteiger charge is -2.22. The van der Waals surface area contributed by atoms with Crippen LogP contribution in [-0.2, 0) is 4.79 Å². The topological polar surface area (TPSA) is 69.6 Å². The number of rotatable bonds is 43. The van der Waals surface area contributed by atoms with E-state index >= 15 is 0 Å². The summed E-state index contributed by atoms with van der Waals surface area (Å²) >= 11 is 0. The van der Waals surface area contributed by atoms with Gasteiger partial charge in [0.25, 0.3) is 0 Å². The van der Waals surface area contributed by atoms with Crippen LogP contribution in [0.5, 0.6) is 0 Å². The molecule has 0 aliphatic rings. The molecule has 1 amide bonds. The molecular formula is C46H93NO3. The average molecular weight is 708 g/mol. The van der Waals surface area contributed by atoms with Gasteiger partial charge in [0.1, 0.15) is 0 Å². The van der Waals surface area contributed by atoms with Gasteiger partial charge in [0, 0.05) is 6.42 Å². The van der Waals surface area contributed by atoms with Gasteiger partial charge in [-0.2, -0.15) is 0 Å². The van der Waals surface area contributed by atoms with Crippen LogP contribution >= 0.6 is 0 Å². The van der Waals surface area contributed by atoms with E-state index in [1.165, 1.54) is 218 Å². The van der Waals surface area contributed by atoms with Crippen LogP contribution in [-0.4, -0.2) is 34.9 Å². The van der Waals surface area contributed by atoms with E-state index in [2.05, 4.69) is 19.2 Å². The molecule has 2 atom stereocenters. The van der Waals surface area contributed by atoms with E-state index in [0.29, 0.717) is 12.8 Å². The molecule has 0 aromatic carbocycles. The summed E-state index contributed by atoms with van der Waals surface area (Å²) in [6.45, 7) is 4.38. The van der Waals surface area contributed by atoms with Gasteiger partial charge in [0.05, 0.1) is 18.8 Å². The van der Waals surface area contributed by atoms with Crippen LogP contribution in [0.3, 0.4) is 0 Å². The van der Waals surface area contributed by atoms with E-state index in [4.69, 9.17) is 0 Å². The van der Waals surface area contributed by atoms with Gasteiger partial charge < -0.3 is 15.5 Å². The first-order chi connectivity index (χ1) is 24.7. The number of unbranched alkanes of at least 4 members (excludes halogenated alkanes) is 36. The van der Waals surface area contributed by atoms with Crippen molar-refractivity contribution < 1.29 is 15.0 Å². The van der Waals surface area contributed by atoms with Gasteiger partial charge in [-0.05, 0) is 12.8 Å². The molecule has 0 aromatic rings. The summed E-state index contributed by atoms with van der Waals surface area (Å²) in [6.07, 6.45) is 51.9. The van der Waals surface area contributed by atoms with E-state index in [-0.39, 0.29) is 12.5 Å². The van der Waals surface area contributed by atoms with Gasteiger partial charge in [-0.3, -0.25) is 4.79 Å². The molecule has 2 unspecified atom stereocenters. The van der Waals surface area contributed by atoms with Gasteiger partial charge in [-0.15, -0.1) is 0 Å². The van der Waals surface area contributed by atoms with Crippen molar-refractivity contribution in [3.63, 3.8) is 0 Å². The van der Waals surface area contributed by atoms with E-state index in [1.54, 1.807) is 0 Å². The fourth-order valence-corrected chi connectivity index (χ4v) is 7.54. The van der Waals surface area contributed by atoms with Crippen LogP contribution in [0, 0.1) is 0 Å². The molecule has 0 fully saturated rings. The third kappa shape index (κ3) is 38.6. The molecule has 300 valence electrons. The van der Waals surface area contributed by atoms with E-state index in [9.17, 15) is 15.0 Å². The molecule has 0 heterocycles. The van der Waals surface area contributed by atoms with E-state index < -0.39 is 12.1 Å². The number of hydrogen-bond donors (Lipinski definition) is 3. The Bertz CT molecular complexity index is 641. The Balaban J connectivity index is 3.42. The van der Waals surface area contributed by atoms with Gasteiger partial charge in [0.15, 0.2) is 0 Å². The molecule has 50 heavy (non-hydrogen) atoms. The first kappa shape index (κ1) is 49.4. The lowest BCUT2D eigenvalue weighted by atomic mass is 10.0. The standard InChI is InChI=1S/C46H93NO3/c1-3-5-7-9-11-13-15-17-18-19-20-21-22-23-24-25-26-27-28-30-31-33-35-37-39-41-45(49)44(43-48)47-46(50)42-40-38-36-34-32-29-16-14-12-10-8-6-4-2/h44-45,48-49H,3-43H2,1-2H3,(H,47,50). The summed E-state index contributed by atoms with van der Waals surface area (Å²) in [6, 6.07) is -0.529. The molecule has 0 rings (SSSR count). The van der Waals surface area contributed by atoms with E-state index in [1.807, 2.05) is 0 Å². The third-order valence-electron chi connectivity index (χ3n) is 11.1. The smallest absolute Gasteiger partial charge is 0.220 e. The SMILES string of the molecule is CCCCCCCCCCCCCCCCCCCCCCCCCCCC(O)C(CO)NC(=O)CCCCCCCCCCCCCCC. The van der Waals surface area contributed by atoms with Crippen LogP contribution in [0.4, 0.5) is 0 Å². The highest BCUT2D eigenvalue weighted by Gasteiger charge is 2.20. The van der Waals surface area contributed by atoms with Gasteiger partial charge >= 0.3 is 0 Å². The van der Waals surface area contributed by atoms with Crippen molar-refractivity contribution >= 4 is 5.91 Å². The zero-order valence-corrected chi connectivity index (χ0v) is 34.4. The van der Waals surface area contributed by atoms with Crippen molar-refractivity contribution in [1.82, 2.24) is 5.32 Å². The lowest BCUT2D eigenvalue weighted by Crippen LogP contribution is -2.45. The molecule has 0 bridgehead atoms. The van der Waals surface area contributed by atoms with Crippen LogP contribution in [0.1, 0.15) is 271 Å². The first-order valence-electron chi connectivity index (χ1n) is 23.2. The van der Waals surface area contributed by atoms with Gasteiger partial charge in [0.2, 0.25) is 5.91 Å². The molecule has 0 aliphatic carbocycles. The number of amides is 1. The summed E-state index contributed by atoms with van der Waals surface area (Å²) in [4.78, 5) is 12.4. The molecule has 0 saturated heterocycles. The molecule has 4 heteroatoms. The lowest BCUT2D eigenvalue weighted by molar-refractivity contribution is -0.123. The summed E-state index contributed by atoms with van der Waals surface area (Å²) in [5.41, 5.74) is 0. The predicted molar refractivity (Wildman–Crippen MR) is 221 cm³/mol. The Kier molecular flexibility index (Phi) is 42.3. The maximum atomic E-state index is 12.4. The minimum absolute atomic E-state index is 0.0269. The quantitative estimate of drug-likeness (QED) is 0.0553. The highest BCUT2D eigenvalue weighted by molar-refractivity contribution is 5.76. The van der Waals surface area contributed by atoms with Crippen molar-refractivity contribution in [1.29, 1.82) is 0 Å². The second kappa shape index (κ2) is 42.8. The number of carbonyl (C=O) groups excluding carboxylic acids is 1. The van der Waals surface area contributed by atoms with Crippen molar-refractivity contribution in [2.75, 3.05) is 6.61 Å². The molecule has 0 aromatic heterocycles. The molecule has 3 N–H and O–H groups in total. The Morgan fingerprint density at radius 2 is 0.640 bits per heavy atom. The third-order valence-corrected chi connectivity index (χ3v) is 11.1. The second-order valence-corrected chi connectivity index (χ2v) is 16.2. The minimum atomic E-state index is -0.653. The fraction of sp³-hybridized carbons (Fsp3) is 0.978. The molecule has 0 saturated carbocycles. The van der Waals surface area contributed by atoms with Gasteiger partial charge in [-0.25, -0.2) is 0 Å². The predicted octanol–water partition coefficient (Wildman–Crippen LogP) is 14.5. The molecule has 0 spiro atoms. The van der Waals surface area contributed by atoms with Crippen LogP contribution < -0.4 is 5.32 Å². The molecule has 0 aliphatic heterocycles. The van der Waals surface area contributed by atoms with Crippen LogP contribution in [0.25, 0.3) is 0 Å². The summed E-state index contributed by atoms with van der Waals surface area (Å²) in [5, 5.41) is 23.2. The van der Waals surface area contributed by atoms with Crippen molar-refractivity contribution in [2.45, 2.75) is 283 Å². The molecule has 0 radical (unpaired) electrons. The summed E-state index contributed by atoms with van der Waals surface area (Å²) in [7, 11) is 0. The fourth-order valence-electron chi connectivity index (χ4n) is 7.54. The molecule has 4 nitrogen and oxygen atoms in total. The van der Waals surface area contributed by atoms with Gasteiger partial charge in [-0.1, -0.05) is 251 Å². The van der Waals surface area contributed by atoms with Crippen LogP contribution in [0.15, 0.2) is 0 Å². The Labute approximate surface area is 314 Å². The largest absolute Gasteiger partial charge is 0.394 e. The maximum Gasteiger partial charge on any atom is 0.220 e. The maximum absolute atomic E-state index is 12.4. The number of hydrogen-bond acceptors (Lipinski definition) is 3. The Hall–Kier alpha value is -0.610. The number of nitrogens with one attached hydrogen (secondary N) is 1. The van der Waals surface area contributed by atoms with Crippen molar-refractivity contribution in [3.05, 3.63) is 0 Å². The van der Waals surface area contributed by atoms with Crippen LogP contribution in [0.2, 0.25) is 0 Å². The molecular weight excluding hydrogens is 615 g/mol. The highest BCUT2D eigenvalue weighted by Crippen LogP contribution is 2.17. The monoisotopic (exact) mass is 708 g/mol. The zero-order chi connectivity index (χ0) is 36.4. The number of aliphatic hydroxyl groups excluding tert-OH is 2.